The summed E-state index contributed by atoms with van der Waals surface area (Å²) in [7, 11) is 1.60. The van der Waals surface area contributed by atoms with Crippen LogP contribution < -0.4 is 20.5 Å². The SMILES string of the molecule is CCOc1ccc(-n2c(SCC(=O)NN=Cc3c(OC)ccc4ccccc34)nc3sc4c(c3c2=O)CCC4)cc1. The maximum Gasteiger partial charge on any atom is 0.267 e. The average molecular weight is 585 g/mol. The molecule has 5 aromatic rings. The molecule has 6 rings (SSSR count). The zero-order valence-electron chi connectivity index (χ0n) is 22.7. The van der Waals surface area contributed by atoms with Gasteiger partial charge in [0.15, 0.2) is 5.16 Å². The molecule has 41 heavy (non-hydrogen) atoms. The molecule has 0 aliphatic heterocycles. The lowest BCUT2D eigenvalue weighted by Gasteiger charge is -2.13. The fraction of sp³-hybridized carbons (Fsp3) is 0.226. The zero-order valence-corrected chi connectivity index (χ0v) is 24.3. The molecule has 2 heterocycles. The summed E-state index contributed by atoms with van der Waals surface area (Å²) in [4.78, 5) is 33.6. The number of aryl methyl sites for hydroxylation is 2. The highest BCUT2D eigenvalue weighted by Crippen LogP contribution is 2.36. The minimum absolute atomic E-state index is 0.0318. The first kappa shape index (κ1) is 27.0. The number of carbonyl (C=O) groups is 1. The highest BCUT2D eigenvalue weighted by atomic mass is 32.2. The molecule has 0 saturated heterocycles. The normalized spacial score (nSPS) is 12.7. The topological polar surface area (TPSA) is 94.8 Å². The molecule has 1 aliphatic rings. The summed E-state index contributed by atoms with van der Waals surface area (Å²) >= 11 is 2.79. The molecular weight excluding hydrogens is 556 g/mol. The van der Waals surface area contributed by atoms with Gasteiger partial charge in [-0.1, -0.05) is 42.1 Å². The van der Waals surface area contributed by atoms with Gasteiger partial charge in [0, 0.05) is 10.4 Å². The fourth-order valence-corrected chi connectivity index (χ4v) is 7.23. The monoisotopic (exact) mass is 584 g/mol. The van der Waals surface area contributed by atoms with Crippen molar-refractivity contribution in [2.45, 2.75) is 31.3 Å². The number of carbonyl (C=O) groups excluding carboxylic acids is 1. The number of hydrazone groups is 1. The van der Waals surface area contributed by atoms with Crippen LogP contribution in [0.2, 0.25) is 0 Å². The molecule has 8 nitrogen and oxygen atoms in total. The van der Waals surface area contributed by atoms with E-state index in [4.69, 9.17) is 14.5 Å². The number of nitrogens with zero attached hydrogens (tertiary/aromatic N) is 3. The van der Waals surface area contributed by atoms with Crippen LogP contribution in [0.1, 0.15) is 29.3 Å². The Hall–Kier alpha value is -4.15. The first-order chi connectivity index (χ1) is 20.1. The van der Waals surface area contributed by atoms with Crippen LogP contribution in [0, 0.1) is 0 Å². The van der Waals surface area contributed by atoms with Crippen LogP contribution in [0.5, 0.6) is 11.5 Å². The van der Waals surface area contributed by atoms with E-state index in [9.17, 15) is 9.59 Å². The molecule has 208 valence electrons. The van der Waals surface area contributed by atoms with Gasteiger partial charge < -0.3 is 9.47 Å². The zero-order chi connectivity index (χ0) is 28.3. The summed E-state index contributed by atoms with van der Waals surface area (Å²) in [6, 6.07) is 19.1. The lowest BCUT2D eigenvalue weighted by Crippen LogP contribution is -2.24. The first-order valence-electron chi connectivity index (χ1n) is 13.4. The van der Waals surface area contributed by atoms with Crippen molar-refractivity contribution in [3.05, 3.63) is 87.0 Å². The third kappa shape index (κ3) is 5.32. The number of hydrogen-bond donors (Lipinski definition) is 1. The second-order valence-corrected chi connectivity index (χ2v) is 11.5. The van der Waals surface area contributed by atoms with E-state index < -0.39 is 0 Å². The van der Waals surface area contributed by atoms with Gasteiger partial charge in [0.05, 0.1) is 36.8 Å². The minimum Gasteiger partial charge on any atom is -0.496 e. The molecule has 0 bridgehead atoms. The van der Waals surface area contributed by atoms with Crippen LogP contribution in [0.3, 0.4) is 0 Å². The third-order valence-electron chi connectivity index (χ3n) is 6.98. The molecular formula is C31H28N4O4S2. The Morgan fingerprint density at radius 2 is 1.98 bits per heavy atom. The molecule has 0 fully saturated rings. The number of benzene rings is 3. The van der Waals surface area contributed by atoms with Crippen molar-refractivity contribution >= 4 is 56.2 Å². The number of amides is 1. The third-order valence-corrected chi connectivity index (χ3v) is 9.10. The number of thiophene rings is 1. The molecule has 1 amide bonds. The summed E-state index contributed by atoms with van der Waals surface area (Å²) < 4.78 is 12.7. The van der Waals surface area contributed by atoms with Gasteiger partial charge in [0.1, 0.15) is 16.3 Å². The van der Waals surface area contributed by atoms with E-state index >= 15 is 0 Å². The molecule has 3 aromatic carbocycles. The van der Waals surface area contributed by atoms with Gasteiger partial charge in [-0.3, -0.25) is 14.2 Å². The van der Waals surface area contributed by atoms with Crippen LogP contribution in [0.15, 0.2) is 75.7 Å². The Bertz CT molecular complexity index is 1840. The van der Waals surface area contributed by atoms with Crippen LogP contribution in [-0.2, 0) is 17.6 Å². The fourth-order valence-electron chi connectivity index (χ4n) is 5.13. The minimum atomic E-state index is -0.313. The van der Waals surface area contributed by atoms with Crippen molar-refractivity contribution in [3.8, 4) is 17.2 Å². The number of methoxy groups -OCH3 is 1. The number of aromatic nitrogens is 2. The maximum absolute atomic E-state index is 13.9. The lowest BCUT2D eigenvalue weighted by molar-refractivity contribution is -0.118. The summed E-state index contributed by atoms with van der Waals surface area (Å²) in [6.07, 6.45) is 4.52. The molecule has 0 saturated carbocycles. The molecule has 0 unspecified atom stereocenters. The average Bonchev–Trinajstić information content (AvgIpc) is 3.58. The van der Waals surface area contributed by atoms with Crippen molar-refractivity contribution in [2.24, 2.45) is 5.10 Å². The summed E-state index contributed by atoms with van der Waals surface area (Å²) in [6.45, 7) is 2.48. The Kier molecular flexibility index (Phi) is 7.76. The quantitative estimate of drug-likeness (QED) is 0.103. The highest BCUT2D eigenvalue weighted by molar-refractivity contribution is 7.99. The largest absolute Gasteiger partial charge is 0.496 e. The molecule has 1 aliphatic carbocycles. The molecule has 1 N–H and O–H groups in total. The number of rotatable bonds is 9. The highest BCUT2D eigenvalue weighted by Gasteiger charge is 2.24. The van der Waals surface area contributed by atoms with Gasteiger partial charge in [-0.05, 0) is 72.9 Å². The van der Waals surface area contributed by atoms with E-state index in [2.05, 4.69) is 10.5 Å². The van der Waals surface area contributed by atoms with E-state index in [1.807, 2.05) is 67.6 Å². The second-order valence-electron chi connectivity index (χ2n) is 9.48. The predicted octanol–water partition coefficient (Wildman–Crippen LogP) is 5.74. The molecule has 0 atom stereocenters. The first-order valence-corrected chi connectivity index (χ1v) is 15.2. The number of hydrogen-bond acceptors (Lipinski definition) is 8. The smallest absolute Gasteiger partial charge is 0.267 e. The summed E-state index contributed by atoms with van der Waals surface area (Å²) in [5.41, 5.74) is 5.07. The van der Waals surface area contributed by atoms with Crippen molar-refractivity contribution in [3.63, 3.8) is 0 Å². The van der Waals surface area contributed by atoms with Crippen molar-refractivity contribution in [1.82, 2.24) is 15.0 Å². The van der Waals surface area contributed by atoms with Crippen molar-refractivity contribution < 1.29 is 14.3 Å². The Balaban J connectivity index is 1.26. The van der Waals surface area contributed by atoms with E-state index in [0.717, 1.165) is 51.7 Å². The maximum atomic E-state index is 13.9. The van der Waals surface area contributed by atoms with E-state index in [1.54, 1.807) is 29.2 Å². The van der Waals surface area contributed by atoms with Crippen LogP contribution in [0.4, 0.5) is 0 Å². The number of nitrogens with one attached hydrogen (secondary N) is 1. The van der Waals surface area contributed by atoms with Gasteiger partial charge in [-0.2, -0.15) is 5.10 Å². The van der Waals surface area contributed by atoms with E-state index in [0.29, 0.717) is 28.6 Å². The van der Waals surface area contributed by atoms with Gasteiger partial charge in [-0.25, -0.2) is 10.4 Å². The standard InChI is InChI=1S/C31H28N4O4S2/c1-3-39-21-14-12-20(13-15-21)35-30(37)28-23-9-6-10-26(23)41-29(28)33-31(35)40-18-27(36)34-32-17-24-22-8-5-4-7-19(22)11-16-25(24)38-2/h4-5,7-8,11-17H,3,6,9-10,18H2,1-2H3,(H,34,36). The van der Waals surface area contributed by atoms with Crippen molar-refractivity contribution in [1.29, 1.82) is 0 Å². The van der Waals surface area contributed by atoms with Gasteiger partial charge >= 0.3 is 0 Å². The van der Waals surface area contributed by atoms with Crippen LogP contribution >= 0.6 is 23.1 Å². The van der Waals surface area contributed by atoms with Crippen LogP contribution in [0.25, 0.3) is 26.7 Å². The number of fused-ring (bicyclic) bond motifs is 4. The van der Waals surface area contributed by atoms with Gasteiger partial charge in [-0.15, -0.1) is 11.3 Å². The summed E-state index contributed by atoms with van der Waals surface area (Å²) in [5, 5.41) is 7.37. The molecule has 10 heteroatoms. The Labute approximate surface area is 245 Å². The molecule has 0 radical (unpaired) electrons. The number of ether oxygens (including phenoxy) is 2. The van der Waals surface area contributed by atoms with E-state index in [-0.39, 0.29) is 17.2 Å². The second kappa shape index (κ2) is 11.8. The molecule has 0 spiro atoms. The Morgan fingerprint density at radius 1 is 1.15 bits per heavy atom. The predicted molar refractivity (Wildman–Crippen MR) is 165 cm³/mol. The van der Waals surface area contributed by atoms with Crippen LogP contribution in [-0.4, -0.2) is 41.1 Å². The Morgan fingerprint density at radius 3 is 2.78 bits per heavy atom. The van der Waals surface area contributed by atoms with Gasteiger partial charge in [0.25, 0.3) is 11.5 Å². The van der Waals surface area contributed by atoms with E-state index in [1.165, 1.54) is 16.6 Å². The van der Waals surface area contributed by atoms with Crippen molar-refractivity contribution in [2.75, 3.05) is 19.5 Å². The van der Waals surface area contributed by atoms with Gasteiger partial charge in [0.2, 0.25) is 0 Å². The lowest BCUT2D eigenvalue weighted by atomic mass is 10.0. The molecule has 2 aromatic heterocycles. The number of thioether (sulfide) groups is 1. The summed E-state index contributed by atoms with van der Waals surface area (Å²) in [5.74, 6) is 1.11.